The fourth-order valence-electron chi connectivity index (χ4n) is 2.68. The number of hydrogen-bond acceptors (Lipinski definition) is 7. The Labute approximate surface area is 140 Å². The molecular formula is C16H22N6O2. The van der Waals surface area contributed by atoms with Gasteiger partial charge >= 0.3 is 0 Å². The van der Waals surface area contributed by atoms with Crippen LogP contribution in [-0.2, 0) is 0 Å². The van der Waals surface area contributed by atoms with Crippen molar-refractivity contribution in [3.05, 3.63) is 28.9 Å². The number of piperazine rings is 1. The average molecular weight is 330 g/mol. The van der Waals surface area contributed by atoms with Crippen LogP contribution in [0, 0.1) is 20.8 Å². The summed E-state index contributed by atoms with van der Waals surface area (Å²) in [6.45, 7) is 9.28. The molecule has 1 amide bonds. The maximum absolute atomic E-state index is 12.2. The van der Waals surface area contributed by atoms with Crippen LogP contribution < -0.4 is 10.2 Å². The highest BCUT2D eigenvalue weighted by molar-refractivity contribution is 6.03. The molecular weight excluding hydrogens is 308 g/mol. The Balaban J connectivity index is 1.78. The van der Waals surface area contributed by atoms with Crippen LogP contribution in [0.2, 0.25) is 0 Å². The molecule has 0 aromatic carbocycles. The summed E-state index contributed by atoms with van der Waals surface area (Å²) in [6, 6.07) is 1.60. The Morgan fingerprint density at radius 2 is 1.75 bits per heavy atom. The molecule has 3 heterocycles. The number of hydrogen-bond donors (Lipinski definition) is 1. The molecule has 0 saturated carbocycles. The fraction of sp³-hybridized carbons (Fsp3) is 0.500. The minimum Gasteiger partial charge on any atom is -0.361 e. The molecule has 0 bridgehead atoms. The summed E-state index contributed by atoms with van der Waals surface area (Å²) < 4.78 is 4.94. The summed E-state index contributed by atoms with van der Waals surface area (Å²) in [7, 11) is 2.11. The third-order valence-electron chi connectivity index (χ3n) is 4.14. The van der Waals surface area contributed by atoms with Crippen LogP contribution in [-0.4, -0.2) is 59.2 Å². The van der Waals surface area contributed by atoms with Crippen molar-refractivity contribution >= 4 is 17.5 Å². The van der Waals surface area contributed by atoms with Gasteiger partial charge in [-0.1, -0.05) is 5.16 Å². The van der Waals surface area contributed by atoms with Crippen LogP contribution in [0.1, 0.15) is 27.6 Å². The molecule has 1 aliphatic rings. The van der Waals surface area contributed by atoms with Crippen molar-refractivity contribution in [2.24, 2.45) is 0 Å². The van der Waals surface area contributed by atoms with Crippen molar-refractivity contribution in [3.63, 3.8) is 0 Å². The SMILES string of the molecule is Cc1cc(C(=O)Nc2c(C)nc(N3CCN(C)CC3)nc2C)no1. The first kappa shape index (κ1) is 16.4. The molecule has 8 nitrogen and oxygen atoms in total. The highest BCUT2D eigenvalue weighted by atomic mass is 16.5. The van der Waals surface area contributed by atoms with E-state index in [-0.39, 0.29) is 11.6 Å². The zero-order chi connectivity index (χ0) is 17.3. The Hall–Kier alpha value is -2.48. The maximum atomic E-state index is 12.2. The molecule has 128 valence electrons. The Bertz CT molecular complexity index is 726. The van der Waals surface area contributed by atoms with E-state index in [1.165, 1.54) is 0 Å². The lowest BCUT2D eigenvalue weighted by molar-refractivity contribution is 0.101. The number of amides is 1. The Morgan fingerprint density at radius 1 is 1.12 bits per heavy atom. The number of aryl methyl sites for hydroxylation is 3. The molecule has 0 spiro atoms. The summed E-state index contributed by atoms with van der Waals surface area (Å²) in [5.74, 6) is 0.984. The van der Waals surface area contributed by atoms with E-state index in [1.54, 1.807) is 13.0 Å². The van der Waals surface area contributed by atoms with Gasteiger partial charge in [0.05, 0.1) is 17.1 Å². The third-order valence-corrected chi connectivity index (χ3v) is 4.14. The van der Waals surface area contributed by atoms with Gasteiger partial charge in [-0.2, -0.15) is 0 Å². The predicted molar refractivity (Wildman–Crippen MR) is 90.4 cm³/mol. The summed E-state index contributed by atoms with van der Waals surface area (Å²) in [6.07, 6.45) is 0. The third kappa shape index (κ3) is 3.38. The second kappa shape index (κ2) is 6.56. The van der Waals surface area contributed by atoms with Crippen LogP contribution in [0.5, 0.6) is 0 Å². The van der Waals surface area contributed by atoms with Gasteiger partial charge in [0.2, 0.25) is 5.95 Å². The minimum absolute atomic E-state index is 0.245. The smallest absolute Gasteiger partial charge is 0.277 e. The molecule has 8 heteroatoms. The average Bonchev–Trinajstić information content (AvgIpc) is 2.98. The number of carbonyl (C=O) groups is 1. The normalized spacial score (nSPS) is 15.6. The molecule has 1 saturated heterocycles. The first-order valence-corrected chi connectivity index (χ1v) is 7.97. The maximum Gasteiger partial charge on any atom is 0.277 e. The molecule has 0 unspecified atom stereocenters. The minimum atomic E-state index is -0.325. The van der Waals surface area contributed by atoms with Crippen molar-refractivity contribution in [1.29, 1.82) is 0 Å². The lowest BCUT2D eigenvalue weighted by Gasteiger charge is -2.32. The van der Waals surface area contributed by atoms with E-state index in [2.05, 4.69) is 37.3 Å². The summed E-state index contributed by atoms with van der Waals surface area (Å²) in [5.41, 5.74) is 2.35. The van der Waals surface area contributed by atoms with Crippen LogP contribution in [0.3, 0.4) is 0 Å². The second-order valence-electron chi connectivity index (χ2n) is 6.14. The van der Waals surface area contributed by atoms with Crippen molar-refractivity contribution in [1.82, 2.24) is 20.0 Å². The molecule has 2 aromatic heterocycles. The predicted octanol–water partition coefficient (Wildman–Crippen LogP) is 1.39. The first-order chi connectivity index (χ1) is 11.4. The van der Waals surface area contributed by atoms with E-state index in [1.807, 2.05) is 13.8 Å². The van der Waals surface area contributed by atoms with Gasteiger partial charge in [-0.15, -0.1) is 0 Å². The lowest BCUT2D eigenvalue weighted by Crippen LogP contribution is -2.45. The van der Waals surface area contributed by atoms with E-state index in [0.717, 1.165) is 37.6 Å². The first-order valence-electron chi connectivity index (χ1n) is 7.97. The summed E-state index contributed by atoms with van der Waals surface area (Å²) in [4.78, 5) is 25.8. The van der Waals surface area contributed by atoms with Crippen LogP contribution >= 0.6 is 0 Å². The van der Waals surface area contributed by atoms with Gasteiger partial charge in [-0.05, 0) is 27.8 Å². The summed E-state index contributed by atoms with van der Waals surface area (Å²) >= 11 is 0. The largest absolute Gasteiger partial charge is 0.361 e. The van der Waals surface area contributed by atoms with Crippen LogP contribution in [0.15, 0.2) is 10.6 Å². The van der Waals surface area contributed by atoms with E-state index < -0.39 is 0 Å². The highest BCUT2D eigenvalue weighted by Gasteiger charge is 2.20. The number of carbonyl (C=O) groups excluding carboxylic acids is 1. The van der Waals surface area contributed by atoms with Gasteiger partial charge < -0.3 is 19.6 Å². The van der Waals surface area contributed by atoms with E-state index in [9.17, 15) is 4.79 Å². The second-order valence-corrected chi connectivity index (χ2v) is 6.14. The van der Waals surface area contributed by atoms with E-state index in [0.29, 0.717) is 17.4 Å². The van der Waals surface area contributed by atoms with E-state index in [4.69, 9.17) is 4.52 Å². The Morgan fingerprint density at radius 3 is 2.29 bits per heavy atom. The Kier molecular flexibility index (Phi) is 4.48. The number of nitrogens with one attached hydrogen (secondary N) is 1. The lowest BCUT2D eigenvalue weighted by atomic mass is 10.2. The highest BCUT2D eigenvalue weighted by Crippen LogP contribution is 2.22. The molecule has 3 rings (SSSR count). The number of rotatable bonds is 3. The van der Waals surface area contributed by atoms with Gasteiger partial charge in [0.1, 0.15) is 5.76 Å². The zero-order valence-corrected chi connectivity index (χ0v) is 14.5. The van der Waals surface area contributed by atoms with Gasteiger partial charge in [0.25, 0.3) is 5.91 Å². The van der Waals surface area contributed by atoms with E-state index >= 15 is 0 Å². The number of aromatic nitrogens is 3. The van der Waals surface area contributed by atoms with Gasteiger partial charge in [0, 0.05) is 32.2 Å². The van der Waals surface area contributed by atoms with Gasteiger partial charge in [-0.3, -0.25) is 4.79 Å². The monoisotopic (exact) mass is 330 g/mol. The molecule has 2 aromatic rings. The fourth-order valence-corrected chi connectivity index (χ4v) is 2.68. The quantitative estimate of drug-likeness (QED) is 0.910. The molecule has 0 atom stereocenters. The zero-order valence-electron chi connectivity index (χ0n) is 14.5. The van der Waals surface area contributed by atoms with Crippen LogP contribution in [0.4, 0.5) is 11.6 Å². The van der Waals surface area contributed by atoms with Gasteiger partial charge in [0.15, 0.2) is 5.69 Å². The molecule has 1 aliphatic heterocycles. The number of nitrogens with zero attached hydrogens (tertiary/aromatic N) is 5. The van der Waals surface area contributed by atoms with Crippen molar-refractivity contribution in [2.45, 2.75) is 20.8 Å². The topological polar surface area (TPSA) is 87.4 Å². The standard InChI is InChI=1S/C16H22N6O2/c1-10-9-13(20-24-10)15(23)19-14-11(2)17-16(18-12(14)3)22-7-5-21(4)6-8-22/h9H,5-8H2,1-4H3,(H,19,23). The molecule has 1 N–H and O–H groups in total. The molecule has 0 radical (unpaired) electrons. The van der Waals surface area contributed by atoms with Crippen molar-refractivity contribution in [2.75, 3.05) is 43.4 Å². The van der Waals surface area contributed by atoms with Crippen LogP contribution in [0.25, 0.3) is 0 Å². The molecule has 24 heavy (non-hydrogen) atoms. The molecule has 1 fully saturated rings. The van der Waals surface area contributed by atoms with Crippen molar-refractivity contribution < 1.29 is 9.32 Å². The molecule has 0 aliphatic carbocycles. The van der Waals surface area contributed by atoms with Gasteiger partial charge in [-0.25, -0.2) is 9.97 Å². The van der Waals surface area contributed by atoms with Crippen molar-refractivity contribution in [3.8, 4) is 0 Å². The number of anilines is 2. The number of likely N-dealkylation sites (N-methyl/N-ethyl adjacent to an activating group) is 1. The summed E-state index contributed by atoms with van der Waals surface area (Å²) in [5, 5.41) is 6.56.